The van der Waals surface area contributed by atoms with E-state index in [0.717, 1.165) is 18.4 Å². The minimum atomic E-state index is 0.410. The molecule has 1 fully saturated rings. The van der Waals surface area contributed by atoms with E-state index < -0.39 is 0 Å². The van der Waals surface area contributed by atoms with E-state index in [0.29, 0.717) is 30.9 Å². The fraction of sp³-hybridized carbons (Fsp3) is 0.438. The molecule has 108 valence electrons. The van der Waals surface area contributed by atoms with Crippen LogP contribution < -0.4 is 0 Å². The van der Waals surface area contributed by atoms with Crippen molar-refractivity contribution in [2.24, 2.45) is 0 Å². The molecule has 0 radical (unpaired) electrons. The maximum Gasteiger partial charge on any atom is 0.247 e. The first-order valence-electron chi connectivity index (χ1n) is 7.35. The predicted molar refractivity (Wildman–Crippen MR) is 78.0 cm³/mol. The Balaban J connectivity index is 1.72. The Labute approximate surface area is 124 Å². The summed E-state index contributed by atoms with van der Waals surface area (Å²) in [6, 6.07) is 12.4. The first kappa shape index (κ1) is 13.8. The molecule has 2 aromatic rings. The second-order valence-corrected chi connectivity index (χ2v) is 5.37. The molecule has 0 amide bonds. The Morgan fingerprint density at radius 1 is 1.19 bits per heavy atom. The van der Waals surface area contributed by atoms with Crippen LogP contribution in [-0.2, 0) is 6.54 Å². The summed E-state index contributed by atoms with van der Waals surface area (Å²) in [6.45, 7) is 0.964. The maximum atomic E-state index is 9.00. The van der Waals surface area contributed by atoms with Gasteiger partial charge in [0.2, 0.25) is 11.8 Å². The summed E-state index contributed by atoms with van der Waals surface area (Å²) in [4.78, 5) is 2.15. The number of hydrogen-bond acceptors (Lipinski definition) is 5. The van der Waals surface area contributed by atoms with Crippen molar-refractivity contribution in [1.29, 1.82) is 5.26 Å². The molecule has 0 spiro atoms. The summed E-state index contributed by atoms with van der Waals surface area (Å²) in [7, 11) is 0. The Morgan fingerprint density at radius 3 is 2.67 bits per heavy atom. The van der Waals surface area contributed by atoms with Gasteiger partial charge in [-0.05, 0) is 25.0 Å². The summed E-state index contributed by atoms with van der Waals surface area (Å²) in [5.41, 5.74) is 0.920. The zero-order valence-electron chi connectivity index (χ0n) is 11.9. The fourth-order valence-corrected chi connectivity index (χ4v) is 2.86. The largest absolute Gasteiger partial charge is 0.419 e. The second-order valence-electron chi connectivity index (χ2n) is 5.37. The molecular formula is C16H18N4O. The molecule has 21 heavy (non-hydrogen) atoms. The molecule has 5 heteroatoms. The van der Waals surface area contributed by atoms with Crippen LogP contribution in [0.15, 0.2) is 34.7 Å². The summed E-state index contributed by atoms with van der Waals surface area (Å²) in [6.07, 6.45) is 4.79. The monoisotopic (exact) mass is 282 g/mol. The normalized spacial score (nSPS) is 15.4. The average molecular weight is 282 g/mol. The van der Waals surface area contributed by atoms with Crippen LogP contribution in [0.25, 0.3) is 11.5 Å². The van der Waals surface area contributed by atoms with Crippen molar-refractivity contribution in [2.45, 2.75) is 38.3 Å². The molecule has 1 heterocycles. The number of hydrogen-bond donors (Lipinski definition) is 0. The highest BCUT2D eigenvalue weighted by Gasteiger charge is 2.24. The Kier molecular flexibility index (Phi) is 4.27. The molecule has 0 aliphatic heterocycles. The van der Waals surface area contributed by atoms with Crippen molar-refractivity contribution < 1.29 is 4.42 Å². The lowest BCUT2D eigenvalue weighted by Crippen LogP contribution is -2.33. The molecule has 0 bridgehead atoms. The van der Waals surface area contributed by atoms with Gasteiger partial charge in [-0.25, -0.2) is 0 Å². The lowest BCUT2D eigenvalue weighted by molar-refractivity contribution is 0.195. The van der Waals surface area contributed by atoms with Crippen LogP contribution in [-0.4, -0.2) is 27.7 Å². The zero-order valence-corrected chi connectivity index (χ0v) is 11.9. The van der Waals surface area contributed by atoms with E-state index in [9.17, 15) is 0 Å². The number of rotatable bonds is 5. The van der Waals surface area contributed by atoms with Gasteiger partial charge in [0, 0.05) is 11.6 Å². The smallest absolute Gasteiger partial charge is 0.247 e. The SMILES string of the molecule is N#CCN(Cc1nnc(-c2ccccc2)o1)C1CCCC1. The van der Waals surface area contributed by atoms with Gasteiger partial charge in [0.05, 0.1) is 19.2 Å². The van der Waals surface area contributed by atoms with E-state index in [1.54, 1.807) is 0 Å². The van der Waals surface area contributed by atoms with Crippen molar-refractivity contribution in [2.75, 3.05) is 6.54 Å². The minimum absolute atomic E-state index is 0.410. The molecule has 1 aliphatic rings. The molecule has 5 nitrogen and oxygen atoms in total. The van der Waals surface area contributed by atoms with Crippen molar-refractivity contribution in [3.05, 3.63) is 36.2 Å². The average Bonchev–Trinajstić information content (AvgIpc) is 3.19. The number of nitriles is 1. The van der Waals surface area contributed by atoms with E-state index in [1.807, 2.05) is 30.3 Å². The number of benzene rings is 1. The van der Waals surface area contributed by atoms with Gasteiger partial charge in [-0.15, -0.1) is 10.2 Å². The molecule has 0 saturated heterocycles. The van der Waals surface area contributed by atoms with Crippen LogP contribution in [0.2, 0.25) is 0 Å². The van der Waals surface area contributed by atoms with E-state index in [-0.39, 0.29) is 0 Å². The highest BCUT2D eigenvalue weighted by atomic mass is 16.4. The molecule has 1 saturated carbocycles. The molecule has 3 rings (SSSR count). The Hall–Kier alpha value is -2.19. The maximum absolute atomic E-state index is 9.00. The molecule has 1 aromatic carbocycles. The topological polar surface area (TPSA) is 66.0 Å². The quantitative estimate of drug-likeness (QED) is 0.789. The molecule has 0 atom stereocenters. The molecule has 1 aromatic heterocycles. The third-order valence-electron chi connectivity index (χ3n) is 3.94. The highest BCUT2D eigenvalue weighted by Crippen LogP contribution is 2.25. The van der Waals surface area contributed by atoms with E-state index in [4.69, 9.17) is 9.68 Å². The van der Waals surface area contributed by atoms with Gasteiger partial charge in [-0.3, -0.25) is 4.90 Å². The minimum Gasteiger partial charge on any atom is -0.419 e. The summed E-state index contributed by atoms with van der Waals surface area (Å²) < 4.78 is 5.73. The van der Waals surface area contributed by atoms with Crippen LogP contribution in [0, 0.1) is 11.3 Å². The van der Waals surface area contributed by atoms with Gasteiger partial charge >= 0.3 is 0 Å². The van der Waals surface area contributed by atoms with Crippen LogP contribution in [0.1, 0.15) is 31.6 Å². The molecule has 0 N–H and O–H groups in total. The molecular weight excluding hydrogens is 264 g/mol. The second kappa shape index (κ2) is 6.51. The van der Waals surface area contributed by atoms with Crippen molar-refractivity contribution in [3.63, 3.8) is 0 Å². The van der Waals surface area contributed by atoms with Crippen molar-refractivity contribution >= 4 is 0 Å². The van der Waals surface area contributed by atoms with E-state index >= 15 is 0 Å². The first-order valence-corrected chi connectivity index (χ1v) is 7.35. The molecule has 1 aliphatic carbocycles. The number of aromatic nitrogens is 2. The lowest BCUT2D eigenvalue weighted by atomic mass is 10.2. The van der Waals surface area contributed by atoms with Gasteiger partial charge < -0.3 is 4.42 Å². The Morgan fingerprint density at radius 2 is 1.95 bits per heavy atom. The van der Waals surface area contributed by atoms with E-state index in [2.05, 4.69) is 21.2 Å². The van der Waals surface area contributed by atoms with Crippen molar-refractivity contribution in [1.82, 2.24) is 15.1 Å². The standard InChI is InChI=1S/C16H18N4O/c17-10-11-20(14-8-4-5-9-14)12-15-18-19-16(21-15)13-6-2-1-3-7-13/h1-3,6-7,14H,4-5,8-9,11-12H2. The first-order chi connectivity index (χ1) is 10.4. The third-order valence-corrected chi connectivity index (χ3v) is 3.94. The van der Waals surface area contributed by atoms with E-state index in [1.165, 1.54) is 12.8 Å². The Bertz CT molecular complexity index is 611. The fourth-order valence-electron chi connectivity index (χ4n) is 2.86. The predicted octanol–water partition coefficient (Wildman–Crippen LogP) is 3.00. The van der Waals surface area contributed by atoms with Gasteiger partial charge in [0.25, 0.3) is 0 Å². The van der Waals surface area contributed by atoms with Gasteiger partial charge in [-0.2, -0.15) is 5.26 Å². The van der Waals surface area contributed by atoms with Crippen LogP contribution in [0.4, 0.5) is 0 Å². The lowest BCUT2D eigenvalue weighted by Gasteiger charge is -2.24. The third kappa shape index (κ3) is 3.29. The molecule has 0 unspecified atom stereocenters. The van der Waals surface area contributed by atoms with Crippen LogP contribution in [0.3, 0.4) is 0 Å². The summed E-state index contributed by atoms with van der Waals surface area (Å²) >= 11 is 0. The summed E-state index contributed by atoms with van der Waals surface area (Å²) in [5, 5.41) is 17.2. The zero-order chi connectivity index (χ0) is 14.5. The van der Waals surface area contributed by atoms with Gasteiger partial charge in [-0.1, -0.05) is 31.0 Å². The number of nitrogens with zero attached hydrogens (tertiary/aromatic N) is 4. The van der Waals surface area contributed by atoms with Crippen molar-refractivity contribution in [3.8, 4) is 17.5 Å². The van der Waals surface area contributed by atoms with Crippen LogP contribution >= 0.6 is 0 Å². The van der Waals surface area contributed by atoms with Gasteiger partial charge in [0.15, 0.2) is 0 Å². The summed E-state index contributed by atoms with van der Waals surface area (Å²) in [5.74, 6) is 1.12. The highest BCUT2D eigenvalue weighted by molar-refractivity contribution is 5.51. The van der Waals surface area contributed by atoms with Gasteiger partial charge in [0.1, 0.15) is 0 Å². The van der Waals surface area contributed by atoms with Crippen LogP contribution in [0.5, 0.6) is 0 Å².